The van der Waals surface area contributed by atoms with Crippen LogP contribution in [0.3, 0.4) is 0 Å². The van der Waals surface area contributed by atoms with E-state index in [1.807, 2.05) is 0 Å². The molecule has 2 rings (SSSR count). The molecule has 11 heavy (non-hydrogen) atoms. The summed E-state index contributed by atoms with van der Waals surface area (Å²) in [4.78, 5) is 2.67. The number of fused-ring (bicyclic) bond motifs is 3. The van der Waals surface area contributed by atoms with Crippen molar-refractivity contribution in [2.24, 2.45) is 0 Å². The Morgan fingerprint density at radius 2 is 2.09 bits per heavy atom. The van der Waals surface area contributed by atoms with E-state index in [0.29, 0.717) is 7.92 Å². The molecule has 1 nitrogen and oxygen atoms in total. The predicted molar refractivity (Wildman–Crippen MR) is 51.8 cm³/mol. The third kappa shape index (κ3) is 1.76. The van der Waals surface area contributed by atoms with Gasteiger partial charge in [-0.3, -0.25) is 0 Å². The first kappa shape index (κ1) is 8.01. The Morgan fingerprint density at radius 3 is 3.00 bits per heavy atom. The average molecular weight is 171 g/mol. The van der Waals surface area contributed by atoms with Crippen molar-refractivity contribution < 1.29 is 0 Å². The molecule has 0 aromatic heterocycles. The highest BCUT2D eigenvalue weighted by Crippen LogP contribution is 2.46. The minimum atomic E-state index is 0.440. The van der Waals surface area contributed by atoms with Gasteiger partial charge in [0.25, 0.3) is 0 Å². The lowest BCUT2D eigenvalue weighted by atomic mass is 10.3. The first-order valence-corrected chi connectivity index (χ1v) is 6.61. The van der Waals surface area contributed by atoms with Crippen molar-refractivity contribution in [3.05, 3.63) is 0 Å². The van der Waals surface area contributed by atoms with Crippen molar-refractivity contribution in [3.8, 4) is 0 Å². The van der Waals surface area contributed by atoms with Crippen LogP contribution in [0.4, 0.5) is 0 Å². The molecule has 0 N–H and O–H groups in total. The minimum absolute atomic E-state index is 0.440. The maximum atomic E-state index is 2.67. The lowest BCUT2D eigenvalue weighted by molar-refractivity contribution is 0.294. The van der Waals surface area contributed by atoms with E-state index >= 15 is 0 Å². The molecule has 2 aliphatic heterocycles. The summed E-state index contributed by atoms with van der Waals surface area (Å²) in [5, 5.41) is 0. The summed E-state index contributed by atoms with van der Waals surface area (Å²) in [7, 11) is 0.440. The molecule has 3 unspecified atom stereocenters. The predicted octanol–water partition coefficient (Wildman–Crippen LogP) is 1.97. The van der Waals surface area contributed by atoms with Gasteiger partial charge in [0.2, 0.25) is 0 Å². The van der Waals surface area contributed by atoms with E-state index in [2.05, 4.69) is 11.8 Å². The summed E-state index contributed by atoms with van der Waals surface area (Å²) in [5.74, 6) is 0. The van der Waals surface area contributed by atoms with Crippen LogP contribution in [0.2, 0.25) is 0 Å². The second-order valence-electron chi connectivity index (χ2n) is 3.87. The molecule has 2 aliphatic rings. The quantitative estimate of drug-likeness (QED) is 0.504. The lowest BCUT2D eigenvalue weighted by Gasteiger charge is -2.23. The van der Waals surface area contributed by atoms with Gasteiger partial charge in [0, 0.05) is 6.54 Å². The van der Waals surface area contributed by atoms with Crippen LogP contribution in [0.25, 0.3) is 0 Å². The second kappa shape index (κ2) is 3.41. The van der Waals surface area contributed by atoms with E-state index in [1.54, 1.807) is 6.16 Å². The van der Waals surface area contributed by atoms with Gasteiger partial charge in [0.05, 0.1) is 0 Å². The molecule has 0 amide bonds. The van der Waals surface area contributed by atoms with Gasteiger partial charge < -0.3 is 4.90 Å². The van der Waals surface area contributed by atoms with Gasteiger partial charge in [-0.05, 0) is 43.9 Å². The summed E-state index contributed by atoms with van der Waals surface area (Å²) in [6.07, 6.45) is 6.06. The molecule has 2 heterocycles. The van der Waals surface area contributed by atoms with Crippen molar-refractivity contribution in [2.45, 2.75) is 25.4 Å². The van der Waals surface area contributed by atoms with E-state index in [-0.39, 0.29) is 0 Å². The molecule has 0 radical (unpaired) electrons. The van der Waals surface area contributed by atoms with Crippen LogP contribution < -0.4 is 0 Å². The zero-order valence-electron chi connectivity index (χ0n) is 7.42. The van der Waals surface area contributed by atoms with Crippen LogP contribution in [0.15, 0.2) is 0 Å². The summed E-state index contributed by atoms with van der Waals surface area (Å²) in [6, 6.07) is 0. The molecule has 0 saturated carbocycles. The first-order valence-electron chi connectivity index (χ1n) is 4.82. The molecule has 0 aliphatic carbocycles. The Hall–Kier alpha value is 0.390. The van der Waals surface area contributed by atoms with Crippen molar-refractivity contribution in [3.63, 3.8) is 0 Å². The van der Waals surface area contributed by atoms with Gasteiger partial charge in [-0.25, -0.2) is 0 Å². The van der Waals surface area contributed by atoms with Crippen LogP contribution in [0, 0.1) is 0 Å². The Bertz CT molecular complexity index is 134. The third-order valence-electron chi connectivity index (χ3n) is 3.11. The average Bonchev–Trinajstić information content (AvgIpc) is 2.29. The molecule has 2 fully saturated rings. The molecule has 2 bridgehead atoms. The zero-order valence-corrected chi connectivity index (χ0v) is 8.32. The minimum Gasteiger partial charge on any atom is -0.303 e. The van der Waals surface area contributed by atoms with Gasteiger partial charge in [0.15, 0.2) is 0 Å². The van der Waals surface area contributed by atoms with Gasteiger partial charge in [0.1, 0.15) is 0 Å². The highest BCUT2D eigenvalue weighted by molar-refractivity contribution is 7.58. The molecule has 0 aromatic rings. The monoisotopic (exact) mass is 171 g/mol. The number of hydrogen-bond donors (Lipinski definition) is 0. The van der Waals surface area contributed by atoms with Crippen LogP contribution in [0.5, 0.6) is 0 Å². The van der Waals surface area contributed by atoms with Crippen LogP contribution in [0.1, 0.15) is 19.8 Å². The fraction of sp³-hybridized carbons (Fsp3) is 1.00. The van der Waals surface area contributed by atoms with Crippen molar-refractivity contribution in [1.82, 2.24) is 4.90 Å². The van der Waals surface area contributed by atoms with Gasteiger partial charge >= 0.3 is 0 Å². The molecular formula is C9H18NP. The molecule has 2 heteroatoms. The number of rotatable bonds is 0. The smallest absolute Gasteiger partial charge is 0.00208 e. The van der Waals surface area contributed by atoms with E-state index < -0.39 is 0 Å². The molecule has 0 aromatic carbocycles. The van der Waals surface area contributed by atoms with Crippen molar-refractivity contribution >= 4 is 7.92 Å². The van der Waals surface area contributed by atoms with Crippen LogP contribution >= 0.6 is 7.92 Å². The maximum Gasteiger partial charge on any atom is 0.00208 e. The van der Waals surface area contributed by atoms with E-state index in [9.17, 15) is 0 Å². The summed E-state index contributed by atoms with van der Waals surface area (Å²) >= 11 is 0. The Kier molecular flexibility index (Phi) is 2.48. The summed E-state index contributed by atoms with van der Waals surface area (Å²) in [6.45, 7) is 6.67. The summed E-state index contributed by atoms with van der Waals surface area (Å²) < 4.78 is 0. The van der Waals surface area contributed by atoms with Gasteiger partial charge in [-0.15, -0.1) is 7.92 Å². The first-order chi connectivity index (χ1) is 5.36. The largest absolute Gasteiger partial charge is 0.303 e. The highest BCUT2D eigenvalue weighted by atomic mass is 31.1. The Labute approximate surface area is 70.9 Å². The SMILES string of the molecule is CC1CCN2CCCP1CC2. The molecule has 64 valence electrons. The van der Waals surface area contributed by atoms with Crippen LogP contribution in [-0.2, 0) is 0 Å². The highest BCUT2D eigenvalue weighted by Gasteiger charge is 2.25. The maximum absolute atomic E-state index is 2.67. The standard InChI is InChI=1S/C9H18NP/c1-9-3-5-10-4-2-7-11(9)8-6-10/h9H,2-8H2,1H3. The van der Waals surface area contributed by atoms with Crippen molar-refractivity contribution in [1.29, 1.82) is 0 Å². The number of nitrogens with zero attached hydrogens (tertiary/aromatic N) is 1. The van der Waals surface area contributed by atoms with Crippen molar-refractivity contribution in [2.75, 3.05) is 32.0 Å². The van der Waals surface area contributed by atoms with Gasteiger partial charge in [-0.1, -0.05) is 6.92 Å². The Morgan fingerprint density at radius 1 is 1.18 bits per heavy atom. The number of hydrogen-bond acceptors (Lipinski definition) is 1. The third-order valence-corrected chi connectivity index (χ3v) is 6.28. The normalized spacial score (nSPS) is 45.0. The topological polar surface area (TPSA) is 3.24 Å². The fourth-order valence-electron chi connectivity index (χ4n) is 2.21. The molecule has 0 spiro atoms. The second-order valence-corrected chi connectivity index (χ2v) is 6.82. The molecular weight excluding hydrogens is 153 g/mol. The summed E-state index contributed by atoms with van der Waals surface area (Å²) in [5.41, 5.74) is 1.07. The van der Waals surface area contributed by atoms with Crippen LogP contribution in [-0.4, -0.2) is 42.5 Å². The van der Waals surface area contributed by atoms with E-state index in [4.69, 9.17) is 0 Å². The fourth-order valence-corrected chi connectivity index (χ4v) is 4.88. The Balaban J connectivity index is 2.05. The lowest BCUT2D eigenvalue weighted by Crippen LogP contribution is -2.27. The molecule has 3 atom stereocenters. The van der Waals surface area contributed by atoms with E-state index in [0.717, 1.165) is 5.66 Å². The molecule has 2 saturated heterocycles. The zero-order chi connectivity index (χ0) is 7.68. The van der Waals surface area contributed by atoms with Gasteiger partial charge in [-0.2, -0.15) is 0 Å². The van der Waals surface area contributed by atoms with E-state index in [1.165, 1.54) is 38.6 Å².